The Morgan fingerprint density at radius 1 is 1.33 bits per heavy atom. The highest BCUT2D eigenvalue weighted by atomic mass is 16.5. The Labute approximate surface area is 110 Å². The summed E-state index contributed by atoms with van der Waals surface area (Å²) in [4.78, 5) is 13.9. The number of esters is 1. The lowest BCUT2D eigenvalue weighted by atomic mass is 9.98. The Kier molecular flexibility index (Phi) is 5.01. The Balaban J connectivity index is 1.70. The average molecular weight is 254 g/mol. The van der Waals surface area contributed by atoms with Crippen LogP contribution in [0.2, 0.25) is 0 Å². The van der Waals surface area contributed by atoms with Crippen LogP contribution in [0, 0.1) is 0 Å². The molecule has 2 bridgehead atoms. The van der Waals surface area contributed by atoms with Gasteiger partial charge in [-0.1, -0.05) is 13.3 Å². The number of fused-ring (bicyclic) bond motifs is 2. The predicted octanol–water partition coefficient (Wildman–Crippen LogP) is 1.54. The van der Waals surface area contributed by atoms with Crippen LogP contribution in [0.15, 0.2) is 0 Å². The molecule has 104 valence electrons. The average Bonchev–Trinajstić information content (AvgIpc) is 2.68. The zero-order valence-electron chi connectivity index (χ0n) is 11.7. The van der Waals surface area contributed by atoms with Crippen molar-refractivity contribution in [3.05, 3.63) is 0 Å². The van der Waals surface area contributed by atoms with Gasteiger partial charge in [0.15, 0.2) is 0 Å². The van der Waals surface area contributed by atoms with E-state index in [1.54, 1.807) is 0 Å². The predicted molar refractivity (Wildman–Crippen MR) is 71.5 cm³/mol. The molecule has 2 saturated heterocycles. The molecule has 0 amide bonds. The number of unbranched alkanes of at least 4 members (excludes halogenated alkanes) is 1. The number of piperidine rings is 1. The second kappa shape index (κ2) is 6.53. The van der Waals surface area contributed by atoms with Crippen LogP contribution in [-0.4, -0.2) is 49.2 Å². The van der Waals surface area contributed by atoms with Crippen molar-refractivity contribution in [2.24, 2.45) is 0 Å². The Bertz CT molecular complexity index is 271. The number of carbonyl (C=O) groups excluding carboxylic acids is 1. The first-order chi connectivity index (χ1) is 8.69. The van der Waals surface area contributed by atoms with Crippen LogP contribution in [0.5, 0.6) is 0 Å². The van der Waals surface area contributed by atoms with Crippen molar-refractivity contribution in [1.82, 2.24) is 10.2 Å². The number of hydrogen-bond acceptors (Lipinski definition) is 4. The summed E-state index contributed by atoms with van der Waals surface area (Å²) in [5, 5.41) is 3.63. The molecule has 2 aliphatic heterocycles. The molecule has 1 N–H and O–H groups in total. The maximum absolute atomic E-state index is 11.7. The van der Waals surface area contributed by atoms with Gasteiger partial charge in [-0.2, -0.15) is 0 Å². The van der Waals surface area contributed by atoms with Crippen LogP contribution >= 0.6 is 0 Å². The maximum Gasteiger partial charge on any atom is 0.320 e. The van der Waals surface area contributed by atoms with Gasteiger partial charge in [0.25, 0.3) is 0 Å². The van der Waals surface area contributed by atoms with Gasteiger partial charge < -0.3 is 10.1 Å². The normalized spacial score (nSPS) is 30.7. The molecule has 2 atom stereocenters. The number of hydrogen-bond donors (Lipinski definition) is 1. The molecule has 0 aromatic heterocycles. The van der Waals surface area contributed by atoms with E-state index in [0.29, 0.717) is 31.3 Å². The summed E-state index contributed by atoms with van der Waals surface area (Å²) >= 11 is 0. The van der Waals surface area contributed by atoms with Crippen molar-refractivity contribution >= 4 is 5.97 Å². The summed E-state index contributed by atoms with van der Waals surface area (Å²) in [6.07, 6.45) is 6.99. The van der Waals surface area contributed by atoms with E-state index in [4.69, 9.17) is 4.74 Å². The number of carbonyl (C=O) groups is 1. The topological polar surface area (TPSA) is 41.6 Å². The molecular weight excluding hydrogens is 228 g/mol. The summed E-state index contributed by atoms with van der Waals surface area (Å²) in [5.74, 6) is -0.0724. The van der Waals surface area contributed by atoms with E-state index in [9.17, 15) is 4.79 Å². The molecular formula is C14H26N2O2. The molecule has 2 rings (SSSR count). The summed E-state index contributed by atoms with van der Waals surface area (Å²) in [5.41, 5.74) is 0. The molecule has 2 fully saturated rings. The van der Waals surface area contributed by atoms with Crippen LogP contribution in [0.1, 0.15) is 45.4 Å². The highest BCUT2D eigenvalue weighted by molar-refractivity contribution is 5.71. The fourth-order valence-electron chi connectivity index (χ4n) is 3.10. The van der Waals surface area contributed by atoms with E-state index in [2.05, 4.69) is 24.2 Å². The molecule has 18 heavy (non-hydrogen) atoms. The standard InChI is InChI=1S/C14H26N2O2/c1-3-4-7-18-14(17)10-16(2)13-8-11-5-6-12(9-13)15-11/h11-13,15H,3-10H2,1-2H3. The molecule has 0 radical (unpaired) electrons. The third-order valence-electron chi connectivity index (χ3n) is 4.21. The van der Waals surface area contributed by atoms with E-state index >= 15 is 0 Å². The number of rotatable bonds is 6. The quantitative estimate of drug-likeness (QED) is 0.577. The van der Waals surface area contributed by atoms with Crippen molar-refractivity contribution in [2.45, 2.75) is 63.6 Å². The van der Waals surface area contributed by atoms with Crippen molar-refractivity contribution < 1.29 is 9.53 Å². The first-order valence-corrected chi connectivity index (χ1v) is 7.31. The second-order valence-electron chi connectivity index (χ2n) is 5.75. The van der Waals surface area contributed by atoms with Gasteiger partial charge in [0.2, 0.25) is 0 Å². The Morgan fingerprint density at radius 3 is 2.61 bits per heavy atom. The van der Waals surface area contributed by atoms with E-state index in [-0.39, 0.29) is 5.97 Å². The van der Waals surface area contributed by atoms with Gasteiger partial charge in [0.05, 0.1) is 13.2 Å². The highest BCUT2D eigenvalue weighted by Crippen LogP contribution is 2.29. The molecule has 0 saturated carbocycles. The van der Waals surface area contributed by atoms with Crippen LogP contribution in [-0.2, 0) is 9.53 Å². The lowest BCUT2D eigenvalue weighted by Crippen LogP contribution is -2.48. The SMILES string of the molecule is CCCCOC(=O)CN(C)C1CC2CCC(C1)N2. The van der Waals surface area contributed by atoms with Gasteiger partial charge in [0, 0.05) is 18.1 Å². The van der Waals surface area contributed by atoms with Crippen molar-refractivity contribution in [3.63, 3.8) is 0 Å². The molecule has 2 unspecified atom stereocenters. The Hall–Kier alpha value is -0.610. The summed E-state index contributed by atoms with van der Waals surface area (Å²) in [7, 11) is 2.05. The molecule has 4 heteroatoms. The molecule has 2 heterocycles. The Morgan fingerprint density at radius 2 is 2.00 bits per heavy atom. The van der Waals surface area contributed by atoms with E-state index in [0.717, 1.165) is 12.8 Å². The van der Waals surface area contributed by atoms with Crippen molar-refractivity contribution in [3.8, 4) is 0 Å². The number of ether oxygens (including phenoxy) is 1. The lowest BCUT2D eigenvalue weighted by molar-refractivity contribution is -0.145. The van der Waals surface area contributed by atoms with Crippen LogP contribution in [0.3, 0.4) is 0 Å². The molecule has 0 spiro atoms. The monoisotopic (exact) mass is 254 g/mol. The maximum atomic E-state index is 11.7. The molecule has 0 aromatic rings. The van der Waals surface area contributed by atoms with Crippen LogP contribution < -0.4 is 5.32 Å². The van der Waals surface area contributed by atoms with Crippen molar-refractivity contribution in [1.29, 1.82) is 0 Å². The van der Waals surface area contributed by atoms with E-state index < -0.39 is 0 Å². The number of nitrogens with zero attached hydrogens (tertiary/aromatic N) is 1. The largest absolute Gasteiger partial charge is 0.465 e. The van der Waals surface area contributed by atoms with Gasteiger partial charge in [-0.05, 0) is 39.2 Å². The second-order valence-corrected chi connectivity index (χ2v) is 5.75. The molecule has 0 aliphatic carbocycles. The fourth-order valence-corrected chi connectivity index (χ4v) is 3.10. The van der Waals surface area contributed by atoms with E-state index in [1.807, 2.05) is 0 Å². The highest BCUT2D eigenvalue weighted by Gasteiger charge is 2.35. The fraction of sp³-hybridized carbons (Fsp3) is 0.929. The minimum Gasteiger partial charge on any atom is -0.465 e. The number of likely N-dealkylation sites (N-methyl/N-ethyl adjacent to an activating group) is 1. The summed E-state index contributed by atoms with van der Waals surface area (Å²) < 4.78 is 5.22. The minimum atomic E-state index is -0.0724. The summed E-state index contributed by atoms with van der Waals surface area (Å²) in [6, 6.07) is 1.89. The first kappa shape index (κ1) is 13.8. The third kappa shape index (κ3) is 3.69. The molecule has 0 aromatic carbocycles. The zero-order valence-corrected chi connectivity index (χ0v) is 11.7. The molecule has 2 aliphatic rings. The first-order valence-electron chi connectivity index (χ1n) is 7.31. The van der Waals surface area contributed by atoms with Gasteiger partial charge in [-0.15, -0.1) is 0 Å². The molecule has 4 nitrogen and oxygen atoms in total. The van der Waals surface area contributed by atoms with Gasteiger partial charge in [-0.3, -0.25) is 9.69 Å². The number of nitrogens with one attached hydrogen (secondary N) is 1. The van der Waals surface area contributed by atoms with Gasteiger partial charge in [-0.25, -0.2) is 0 Å². The van der Waals surface area contributed by atoms with Gasteiger partial charge >= 0.3 is 5.97 Å². The summed E-state index contributed by atoms with van der Waals surface area (Å²) in [6.45, 7) is 3.11. The zero-order chi connectivity index (χ0) is 13.0. The minimum absolute atomic E-state index is 0.0724. The third-order valence-corrected chi connectivity index (χ3v) is 4.21. The lowest BCUT2D eigenvalue weighted by Gasteiger charge is -2.35. The smallest absolute Gasteiger partial charge is 0.320 e. The van der Waals surface area contributed by atoms with Crippen molar-refractivity contribution in [2.75, 3.05) is 20.2 Å². The van der Waals surface area contributed by atoms with Crippen LogP contribution in [0.25, 0.3) is 0 Å². The van der Waals surface area contributed by atoms with Gasteiger partial charge in [0.1, 0.15) is 0 Å². The van der Waals surface area contributed by atoms with Crippen LogP contribution in [0.4, 0.5) is 0 Å². The van der Waals surface area contributed by atoms with E-state index in [1.165, 1.54) is 25.7 Å².